The van der Waals surface area contributed by atoms with Gasteiger partial charge in [0.15, 0.2) is 5.58 Å². The van der Waals surface area contributed by atoms with Crippen LogP contribution in [0.3, 0.4) is 0 Å². The van der Waals surface area contributed by atoms with Gasteiger partial charge in [-0.25, -0.2) is 4.98 Å². The molecule has 0 radical (unpaired) electrons. The number of aromatic nitrogens is 1. The summed E-state index contributed by atoms with van der Waals surface area (Å²) in [5, 5.41) is 1.03. The monoisotopic (exact) mass is 351 g/mol. The Hall–Kier alpha value is -3.59. The molecule has 2 aromatic heterocycles. The lowest BCUT2D eigenvalue weighted by Gasteiger charge is -2.08. The van der Waals surface area contributed by atoms with E-state index in [9.17, 15) is 0 Å². The standard InChI is InChI=1S/C24H17NO2/c1-26-18-13-11-17(12-14-18)21-15-20(16-7-3-2-4-8-16)24-23(25-21)19-9-5-6-10-22(19)27-24/h2-15H,1H3. The van der Waals surface area contributed by atoms with E-state index in [1.807, 2.05) is 60.7 Å². The normalized spacial score (nSPS) is 11.1. The molecule has 5 aromatic rings. The molecule has 3 aromatic carbocycles. The summed E-state index contributed by atoms with van der Waals surface area (Å²) in [5.41, 5.74) is 6.67. The molecule has 0 aliphatic rings. The Kier molecular flexibility index (Phi) is 3.65. The highest BCUT2D eigenvalue weighted by atomic mass is 16.5. The molecule has 130 valence electrons. The minimum atomic E-state index is 0.819. The van der Waals surface area contributed by atoms with E-state index in [0.717, 1.165) is 50.2 Å². The molecular weight excluding hydrogens is 334 g/mol. The Morgan fingerprint density at radius 1 is 0.778 bits per heavy atom. The van der Waals surface area contributed by atoms with Gasteiger partial charge in [0, 0.05) is 16.5 Å². The SMILES string of the molecule is COc1ccc(-c2cc(-c3ccccc3)c3oc4ccccc4c3n2)cc1. The highest BCUT2D eigenvalue weighted by molar-refractivity contribution is 6.08. The maximum atomic E-state index is 6.18. The molecular formula is C24H17NO2. The number of hydrogen-bond acceptors (Lipinski definition) is 3. The Bertz CT molecular complexity index is 1240. The van der Waals surface area contributed by atoms with Gasteiger partial charge in [0.1, 0.15) is 16.8 Å². The van der Waals surface area contributed by atoms with Crippen LogP contribution in [-0.4, -0.2) is 12.1 Å². The van der Waals surface area contributed by atoms with Crippen molar-refractivity contribution in [3.63, 3.8) is 0 Å². The van der Waals surface area contributed by atoms with Crippen LogP contribution in [0.5, 0.6) is 5.75 Å². The number of ether oxygens (including phenoxy) is 1. The lowest BCUT2D eigenvalue weighted by molar-refractivity contribution is 0.415. The predicted molar refractivity (Wildman–Crippen MR) is 109 cm³/mol. The van der Waals surface area contributed by atoms with Gasteiger partial charge in [0.2, 0.25) is 0 Å². The number of rotatable bonds is 3. The molecule has 3 nitrogen and oxygen atoms in total. The number of furan rings is 1. The summed E-state index contributed by atoms with van der Waals surface area (Å²) in [6.07, 6.45) is 0. The van der Waals surface area contributed by atoms with Crippen molar-refractivity contribution in [1.82, 2.24) is 4.98 Å². The maximum absolute atomic E-state index is 6.18. The average Bonchev–Trinajstić information content (AvgIpc) is 3.12. The minimum Gasteiger partial charge on any atom is -0.497 e. The predicted octanol–water partition coefficient (Wildman–Crippen LogP) is 6.32. The fourth-order valence-corrected chi connectivity index (χ4v) is 3.42. The van der Waals surface area contributed by atoms with Gasteiger partial charge >= 0.3 is 0 Å². The van der Waals surface area contributed by atoms with E-state index < -0.39 is 0 Å². The molecule has 5 rings (SSSR count). The maximum Gasteiger partial charge on any atom is 0.161 e. The lowest BCUT2D eigenvalue weighted by atomic mass is 10.0. The van der Waals surface area contributed by atoms with Gasteiger partial charge in [-0.05, 0) is 48.0 Å². The van der Waals surface area contributed by atoms with Crippen molar-refractivity contribution in [2.24, 2.45) is 0 Å². The Balaban J connectivity index is 1.82. The third kappa shape index (κ3) is 2.64. The zero-order valence-corrected chi connectivity index (χ0v) is 14.8. The number of fused-ring (bicyclic) bond motifs is 3. The smallest absolute Gasteiger partial charge is 0.161 e. The van der Waals surface area contributed by atoms with E-state index in [1.54, 1.807) is 7.11 Å². The summed E-state index contributed by atoms with van der Waals surface area (Å²) in [6, 6.07) is 28.4. The molecule has 0 amide bonds. The van der Waals surface area contributed by atoms with E-state index in [-0.39, 0.29) is 0 Å². The number of para-hydroxylation sites is 1. The summed E-state index contributed by atoms with van der Waals surface area (Å²) < 4.78 is 11.5. The molecule has 0 atom stereocenters. The summed E-state index contributed by atoms with van der Waals surface area (Å²) in [4.78, 5) is 4.94. The fourth-order valence-electron chi connectivity index (χ4n) is 3.42. The van der Waals surface area contributed by atoms with Gasteiger partial charge < -0.3 is 9.15 Å². The van der Waals surface area contributed by atoms with Crippen LogP contribution in [0.2, 0.25) is 0 Å². The first-order valence-electron chi connectivity index (χ1n) is 8.85. The molecule has 3 heteroatoms. The van der Waals surface area contributed by atoms with Gasteiger partial charge in [-0.1, -0.05) is 42.5 Å². The molecule has 0 bridgehead atoms. The molecule has 27 heavy (non-hydrogen) atoms. The van der Waals surface area contributed by atoms with E-state index >= 15 is 0 Å². The van der Waals surface area contributed by atoms with Crippen molar-refractivity contribution in [2.75, 3.05) is 7.11 Å². The molecule has 0 saturated heterocycles. The van der Waals surface area contributed by atoms with E-state index in [1.165, 1.54) is 0 Å². The number of methoxy groups -OCH3 is 1. The summed E-state index contributed by atoms with van der Waals surface area (Å²) in [7, 11) is 1.67. The van der Waals surface area contributed by atoms with E-state index in [0.29, 0.717) is 0 Å². The van der Waals surface area contributed by atoms with E-state index in [4.69, 9.17) is 14.1 Å². The zero-order valence-electron chi connectivity index (χ0n) is 14.8. The quantitative estimate of drug-likeness (QED) is 0.381. The topological polar surface area (TPSA) is 35.3 Å². The van der Waals surface area contributed by atoms with Gasteiger partial charge in [-0.3, -0.25) is 0 Å². The highest BCUT2D eigenvalue weighted by Gasteiger charge is 2.16. The zero-order chi connectivity index (χ0) is 18.2. The first-order valence-corrected chi connectivity index (χ1v) is 8.85. The van der Waals surface area contributed by atoms with Crippen LogP contribution in [0, 0.1) is 0 Å². The number of nitrogens with zero attached hydrogens (tertiary/aromatic N) is 1. The van der Waals surface area contributed by atoms with Crippen LogP contribution in [0.15, 0.2) is 89.3 Å². The number of benzene rings is 3. The van der Waals surface area contributed by atoms with Crippen LogP contribution in [0.4, 0.5) is 0 Å². The summed E-state index contributed by atoms with van der Waals surface area (Å²) >= 11 is 0. The molecule has 0 spiro atoms. The van der Waals surface area contributed by atoms with Crippen molar-refractivity contribution in [2.45, 2.75) is 0 Å². The second-order valence-electron chi connectivity index (χ2n) is 6.43. The van der Waals surface area contributed by atoms with Crippen LogP contribution < -0.4 is 4.74 Å². The molecule has 0 N–H and O–H groups in total. The molecule has 2 heterocycles. The Morgan fingerprint density at radius 3 is 2.30 bits per heavy atom. The lowest BCUT2D eigenvalue weighted by Crippen LogP contribution is -1.89. The minimum absolute atomic E-state index is 0.819. The van der Waals surface area contributed by atoms with E-state index in [2.05, 4.69) is 24.3 Å². The van der Waals surface area contributed by atoms with Crippen LogP contribution in [0.25, 0.3) is 44.5 Å². The van der Waals surface area contributed by atoms with Gasteiger partial charge in [-0.15, -0.1) is 0 Å². The first-order chi connectivity index (χ1) is 13.3. The summed E-state index contributed by atoms with van der Waals surface area (Å²) in [5.74, 6) is 0.830. The second kappa shape index (κ2) is 6.29. The molecule has 0 aliphatic carbocycles. The summed E-state index contributed by atoms with van der Waals surface area (Å²) in [6.45, 7) is 0. The third-order valence-electron chi connectivity index (χ3n) is 4.80. The fraction of sp³-hybridized carbons (Fsp3) is 0.0417. The Morgan fingerprint density at radius 2 is 1.52 bits per heavy atom. The molecule has 0 saturated carbocycles. The average molecular weight is 351 g/mol. The van der Waals surface area contributed by atoms with Crippen LogP contribution in [-0.2, 0) is 0 Å². The second-order valence-corrected chi connectivity index (χ2v) is 6.43. The van der Waals surface area contributed by atoms with Gasteiger partial charge in [0.25, 0.3) is 0 Å². The van der Waals surface area contributed by atoms with Gasteiger partial charge in [-0.2, -0.15) is 0 Å². The van der Waals surface area contributed by atoms with Crippen molar-refractivity contribution in [3.05, 3.63) is 84.9 Å². The number of hydrogen-bond donors (Lipinski definition) is 0. The van der Waals surface area contributed by atoms with Crippen LogP contribution >= 0.6 is 0 Å². The van der Waals surface area contributed by atoms with Gasteiger partial charge in [0.05, 0.1) is 12.8 Å². The highest BCUT2D eigenvalue weighted by Crippen LogP contribution is 2.37. The first kappa shape index (κ1) is 15.6. The van der Waals surface area contributed by atoms with Crippen molar-refractivity contribution in [1.29, 1.82) is 0 Å². The molecule has 0 fully saturated rings. The van der Waals surface area contributed by atoms with Crippen molar-refractivity contribution in [3.8, 4) is 28.1 Å². The largest absolute Gasteiger partial charge is 0.497 e. The number of pyridine rings is 1. The molecule has 0 unspecified atom stereocenters. The van der Waals surface area contributed by atoms with Crippen molar-refractivity contribution >= 4 is 22.1 Å². The van der Waals surface area contributed by atoms with Crippen LogP contribution in [0.1, 0.15) is 0 Å². The molecule has 0 aliphatic heterocycles. The van der Waals surface area contributed by atoms with Crippen molar-refractivity contribution < 1.29 is 9.15 Å². The third-order valence-corrected chi connectivity index (χ3v) is 4.80. The Labute approximate surface area is 156 Å².